The number of rotatable bonds is 3. The van der Waals surface area contributed by atoms with E-state index in [0.717, 1.165) is 25.8 Å². The predicted molar refractivity (Wildman–Crippen MR) is 58.8 cm³/mol. The first-order valence-electron chi connectivity index (χ1n) is 5.25. The molecular formula is C10H17ClN2O2. The van der Waals surface area contributed by atoms with E-state index in [9.17, 15) is 9.59 Å². The molecule has 0 bridgehead atoms. The molecule has 0 aromatic rings. The maximum absolute atomic E-state index is 11.5. The third-order valence-corrected chi connectivity index (χ3v) is 2.88. The molecule has 0 aromatic heterocycles. The second kappa shape index (κ2) is 5.95. The highest BCUT2D eigenvalue weighted by Crippen LogP contribution is 2.16. The summed E-state index contributed by atoms with van der Waals surface area (Å²) in [5.41, 5.74) is 0. The van der Waals surface area contributed by atoms with Crippen LogP contribution >= 0.6 is 11.6 Å². The lowest BCUT2D eigenvalue weighted by Gasteiger charge is -2.35. The zero-order valence-electron chi connectivity index (χ0n) is 8.96. The lowest BCUT2D eigenvalue weighted by atomic mass is 10.0. The van der Waals surface area contributed by atoms with Gasteiger partial charge < -0.3 is 10.2 Å². The van der Waals surface area contributed by atoms with Gasteiger partial charge in [-0.25, -0.2) is 0 Å². The summed E-state index contributed by atoms with van der Waals surface area (Å²) in [7, 11) is 0. The van der Waals surface area contributed by atoms with Crippen LogP contribution < -0.4 is 5.32 Å². The van der Waals surface area contributed by atoms with E-state index in [4.69, 9.17) is 11.6 Å². The first-order valence-corrected chi connectivity index (χ1v) is 5.78. The summed E-state index contributed by atoms with van der Waals surface area (Å²) in [6.07, 6.45) is 3.08. The molecule has 0 aromatic carbocycles. The summed E-state index contributed by atoms with van der Waals surface area (Å²) in [6.45, 7) is 2.78. The molecule has 1 fully saturated rings. The van der Waals surface area contributed by atoms with Crippen LogP contribution in [0, 0.1) is 0 Å². The highest BCUT2D eigenvalue weighted by atomic mass is 35.5. The molecule has 1 aliphatic rings. The molecule has 2 amide bonds. The number of nitrogens with one attached hydrogen (secondary N) is 1. The monoisotopic (exact) mass is 232 g/mol. The van der Waals surface area contributed by atoms with Crippen molar-refractivity contribution in [2.45, 2.75) is 32.2 Å². The number of amides is 2. The Morgan fingerprint density at radius 3 is 2.80 bits per heavy atom. The fourth-order valence-electron chi connectivity index (χ4n) is 1.88. The number of likely N-dealkylation sites (tertiary alicyclic amines) is 1. The van der Waals surface area contributed by atoms with E-state index in [1.165, 1.54) is 6.92 Å². The van der Waals surface area contributed by atoms with Gasteiger partial charge in [0.25, 0.3) is 0 Å². The Bertz CT molecular complexity index is 246. The molecule has 1 aliphatic heterocycles. The topological polar surface area (TPSA) is 49.4 Å². The Hall–Kier alpha value is -0.770. The summed E-state index contributed by atoms with van der Waals surface area (Å²) in [5.74, 6) is -0.0677. The van der Waals surface area contributed by atoms with Crippen molar-refractivity contribution in [2.75, 3.05) is 19.0 Å². The van der Waals surface area contributed by atoms with Gasteiger partial charge in [-0.1, -0.05) is 0 Å². The van der Waals surface area contributed by atoms with Gasteiger partial charge in [0.2, 0.25) is 11.8 Å². The summed E-state index contributed by atoms with van der Waals surface area (Å²) in [5, 5.41) is 2.75. The summed E-state index contributed by atoms with van der Waals surface area (Å²) >= 11 is 5.53. The molecule has 0 aliphatic carbocycles. The molecule has 1 rings (SSSR count). The molecule has 1 saturated heterocycles. The van der Waals surface area contributed by atoms with Crippen molar-refractivity contribution in [1.29, 1.82) is 0 Å². The zero-order valence-corrected chi connectivity index (χ0v) is 9.72. The molecule has 0 radical (unpaired) electrons. The highest BCUT2D eigenvalue weighted by molar-refractivity contribution is 6.27. The average molecular weight is 233 g/mol. The fourth-order valence-corrected chi connectivity index (χ4v) is 2.03. The molecule has 1 N–H and O–H groups in total. The van der Waals surface area contributed by atoms with E-state index >= 15 is 0 Å². The van der Waals surface area contributed by atoms with E-state index in [2.05, 4.69) is 5.32 Å². The number of hydrogen-bond acceptors (Lipinski definition) is 2. The lowest BCUT2D eigenvalue weighted by Crippen LogP contribution is -2.49. The van der Waals surface area contributed by atoms with E-state index in [-0.39, 0.29) is 23.7 Å². The number of alkyl halides is 1. The maximum Gasteiger partial charge on any atom is 0.237 e. The smallest absolute Gasteiger partial charge is 0.237 e. The quantitative estimate of drug-likeness (QED) is 0.730. The van der Waals surface area contributed by atoms with Gasteiger partial charge in [0.15, 0.2) is 0 Å². The number of carbonyl (C=O) groups excluding carboxylic acids is 2. The van der Waals surface area contributed by atoms with E-state index in [1.54, 1.807) is 4.90 Å². The van der Waals surface area contributed by atoms with Gasteiger partial charge in [-0.15, -0.1) is 11.6 Å². The minimum atomic E-state index is -0.0566. The minimum absolute atomic E-state index is 0.0244. The molecule has 0 saturated carbocycles. The number of hydrogen-bond donors (Lipinski definition) is 1. The first kappa shape index (κ1) is 12.3. The number of halogens is 1. The Kier molecular flexibility index (Phi) is 4.88. The molecule has 5 heteroatoms. The fraction of sp³-hybridized carbons (Fsp3) is 0.800. The Morgan fingerprint density at radius 2 is 2.20 bits per heavy atom. The predicted octanol–water partition coefficient (Wildman–Crippen LogP) is 0.742. The second-order valence-electron chi connectivity index (χ2n) is 3.81. The van der Waals surface area contributed by atoms with E-state index in [1.807, 2.05) is 0 Å². The highest BCUT2D eigenvalue weighted by Gasteiger charge is 2.25. The normalized spacial score (nSPS) is 21.2. The Labute approximate surface area is 95.0 Å². The maximum atomic E-state index is 11.5. The van der Waals surface area contributed by atoms with Gasteiger partial charge in [-0.3, -0.25) is 9.59 Å². The van der Waals surface area contributed by atoms with Crippen molar-refractivity contribution >= 4 is 23.4 Å². The van der Waals surface area contributed by atoms with Crippen LogP contribution in [-0.2, 0) is 9.59 Å². The van der Waals surface area contributed by atoms with Crippen molar-refractivity contribution in [3.63, 3.8) is 0 Å². The van der Waals surface area contributed by atoms with E-state index < -0.39 is 0 Å². The van der Waals surface area contributed by atoms with Crippen molar-refractivity contribution in [3.8, 4) is 0 Å². The van der Waals surface area contributed by atoms with Crippen molar-refractivity contribution in [3.05, 3.63) is 0 Å². The van der Waals surface area contributed by atoms with Crippen molar-refractivity contribution in [1.82, 2.24) is 10.2 Å². The Balaban J connectivity index is 2.49. The van der Waals surface area contributed by atoms with Crippen molar-refractivity contribution in [2.24, 2.45) is 0 Å². The van der Waals surface area contributed by atoms with Crippen LogP contribution in [0.1, 0.15) is 26.2 Å². The van der Waals surface area contributed by atoms with Gasteiger partial charge in [0.1, 0.15) is 5.88 Å². The average Bonchev–Trinajstić information content (AvgIpc) is 2.25. The van der Waals surface area contributed by atoms with Crippen molar-refractivity contribution < 1.29 is 9.59 Å². The molecular weight excluding hydrogens is 216 g/mol. The van der Waals surface area contributed by atoms with Gasteiger partial charge in [0, 0.05) is 26.1 Å². The summed E-state index contributed by atoms with van der Waals surface area (Å²) in [4.78, 5) is 24.1. The SMILES string of the molecule is CC(=O)NCC1CCCCN1C(=O)CCl. The molecule has 1 atom stereocenters. The molecule has 4 nitrogen and oxygen atoms in total. The summed E-state index contributed by atoms with van der Waals surface area (Å²) in [6, 6.07) is 0.119. The molecule has 15 heavy (non-hydrogen) atoms. The largest absolute Gasteiger partial charge is 0.354 e. The van der Waals surface area contributed by atoms with Crippen LogP contribution in [0.25, 0.3) is 0 Å². The third-order valence-electron chi connectivity index (χ3n) is 2.65. The molecule has 1 heterocycles. The van der Waals surface area contributed by atoms with Crippen LogP contribution in [-0.4, -0.2) is 41.7 Å². The zero-order chi connectivity index (χ0) is 11.3. The van der Waals surface area contributed by atoms with E-state index in [0.29, 0.717) is 6.54 Å². The number of piperidine rings is 1. The standard InChI is InChI=1S/C10H17ClN2O2/c1-8(14)12-7-9-4-2-3-5-13(9)10(15)6-11/h9H,2-7H2,1H3,(H,12,14). The van der Waals surface area contributed by atoms with Crippen LogP contribution in [0.3, 0.4) is 0 Å². The van der Waals surface area contributed by atoms with Gasteiger partial charge in [-0.2, -0.15) is 0 Å². The molecule has 86 valence electrons. The second-order valence-corrected chi connectivity index (χ2v) is 4.07. The van der Waals surface area contributed by atoms with Gasteiger partial charge in [-0.05, 0) is 19.3 Å². The van der Waals surface area contributed by atoms with Crippen LogP contribution in [0.2, 0.25) is 0 Å². The summed E-state index contributed by atoms with van der Waals surface area (Å²) < 4.78 is 0. The van der Waals surface area contributed by atoms with Crippen LogP contribution in [0.15, 0.2) is 0 Å². The van der Waals surface area contributed by atoms with Gasteiger partial charge >= 0.3 is 0 Å². The Morgan fingerprint density at radius 1 is 1.47 bits per heavy atom. The van der Waals surface area contributed by atoms with Crippen LogP contribution in [0.4, 0.5) is 0 Å². The molecule has 1 unspecified atom stereocenters. The number of nitrogens with zero attached hydrogens (tertiary/aromatic N) is 1. The minimum Gasteiger partial charge on any atom is -0.354 e. The van der Waals surface area contributed by atoms with Gasteiger partial charge in [0.05, 0.1) is 0 Å². The molecule has 0 spiro atoms. The number of carbonyl (C=O) groups is 2. The first-order chi connectivity index (χ1) is 7.15. The third kappa shape index (κ3) is 3.70. The van der Waals surface area contributed by atoms with Crippen LogP contribution in [0.5, 0.6) is 0 Å². The lowest BCUT2D eigenvalue weighted by molar-refractivity contribution is -0.132.